The number of pyridine rings is 2. The van der Waals surface area contributed by atoms with E-state index >= 15 is 0 Å². The number of nitrogens with one attached hydrogen (secondary N) is 3. The molecule has 32 heavy (non-hydrogen) atoms. The Bertz CT molecular complexity index is 1030. The fourth-order valence-electron chi connectivity index (χ4n) is 3.78. The lowest BCUT2D eigenvalue weighted by atomic mass is 10.0. The van der Waals surface area contributed by atoms with Crippen molar-refractivity contribution in [2.24, 2.45) is 0 Å². The third kappa shape index (κ3) is 5.37. The maximum atomic E-state index is 13.4. The monoisotopic (exact) mass is 451 g/mol. The van der Waals surface area contributed by atoms with Crippen LogP contribution in [0.25, 0.3) is 11.8 Å². The van der Waals surface area contributed by atoms with Gasteiger partial charge in [0.1, 0.15) is 0 Å². The number of aliphatic hydroxyl groups excluding tert-OH is 1. The predicted molar refractivity (Wildman–Crippen MR) is 117 cm³/mol. The molecule has 0 saturated carbocycles. The second-order valence-electron chi connectivity index (χ2n) is 7.85. The molecule has 0 saturated heterocycles. The maximum absolute atomic E-state index is 13.4. The van der Waals surface area contributed by atoms with Gasteiger partial charge in [0, 0.05) is 23.7 Å². The molecule has 174 valence electrons. The van der Waals surface area contributed by atoms with E-state index in [1.807, 2.05) is 19.9 Å². The lowest BCUT2D eigenvalue weighted by molar-refractivity contribution is -0.154. The predicted octanol–water partition coefficient (Wildman–Crippen LogP) is 3.58. The highest BCUT2D eigenvalue weighted by Gasteiger charge is 2.46. The highest BCUT2D eigenvalue weighted by atomic mass is 19.4. The van der Waals surface area contributed by atoms with E-state index in [-0.39, 0.29) is 18.0 Å². The number of unbranched alkanes of at least 4 members (excludes halogenated alkanes) is 2. The molecular formula is C22H28F3N5O2. The van der Waals surface area contributed by atoms with Crippen LogP contribution in [0.5, 0.6) is 0 Å². The Hall–Kier alpha value is -2.69. The minimum absolute atomic E-state index is 0.0279. The second kappa shape index (κ2) is 10.3. The van der Waals surface area contributed by atoms with Crippen molar-refractivity contribution < 1.29 is 18.3 Å². The molecule has 0 amide bonds. The molecule has 1 aliphatic rings. The van der Waals surface area contributed by atoms with Gasteiger partial charge in [-0.25, -0.2) is 5.43 Å². The molecule has 0 radical (unpaired) electrons. The van der Waals surface area contributed by atoms with E-state index in [9.17, 15) is 18.0 Å². The van der Waals surface area contributed by atoms with Crippen molar-refractivity contribution in [3.8, 4) is 5.69 Å². The van der Waals surface area contributed by atoms with Crippen LogP contribution in [0.15, 0.2) is 34.9 Å². The molecule has 2 aromatic heterocycles. The zero-order valence-corrected chi connectivity index (χ0v) is 18.1. The van der Waals surface area contributed by atoms with Gasteiger partial charge in [-0.2, -0.15) is 13.2 Å². The van der Waals surface area contributed by atoms with Gasteiger partial charge in [-0.05, 0) is 51.8 Å². The number of aryl methyl sites for hydroxylation is 1. The number of rotatable bonds is 9. The fraction of sp³-hybridized carbons (Fsp3) is 0.455. The van der Waals surface area contributed by atoms with Crippen LogP contribution in [0.2, 0.25) is 0 Å². The first-order chi connectivity index (χ1) is 15.2. The number of hydrazine groups is 1. The third-order valence-electron chi connectivity index (χ3n) is 5.45. The molecule has 0 spiro atoms. The van der Waals surface area contributed by atoms with E-state index in [1.54, 1.807) is 12.3 Å². The number of aromatic nitrogens is 2. The van der Waals surface area contributed by atoms with Gasteiger partial charge in [-0.3, -0.25) is 19.7 Å². The first-order valence-electron chi connectivity index (χ1n) is 10.5. The lowest BCUT2D eigenvalue weighted by Crippen LogP contribution is -2.35. The molecule has 0 bridgehead atoms. The average molecular weight is 451 g/mol. The topological polar surface area (TPSA) is 91.2 Å². The number of halogens is 3. The first kappa shape index (κ1) is 24.0. The first-order valence-corrected chi connectivity index (χ1v) is 10.5. The standard InChI is InChI=1S/C22H28F3N5O2/c1-14(6-4-3-5-9-26-13-31)12-16-15(2)27-10-7-18(16)30-11-8-17-19(21(30)32)20(29-28-17)22(23,24)25/h7-8,10-12,20,26,28-29,31H,3-6,9,13H2,1-2H3/b14-12+. The number of aliphatic hydroxyl groups is 1. The SMILES string of the molecule is C/C(=C\c1c(-n2ccc3c(c2=O)C(C(F)(F)F)NN3)ccnc1C)CCCCCNCO. The van der Waals surface area contributed by atoms with Gasteiger partial charge >= 0.3 is 6.18 Å². The van der Waals surface area contributed by atoms with Gasteiger partial charge in [0.15, 0.2) is 6.04 Å². The van der Waals surface area contributed by atoms with Crippen LogP contribution in [0.3, 0.4) is 0 Å². The summed E-state index contributed by atoms with van der Waals surface area (Å²) >= 11 is 0. The van der Waals surface area contributed by atoms with Crippen molar-refractivity contribution in [2.75, 3.05) is 18.7 Å². The van der Waals surface area contributed by atoms with E-state index in [1.165, 1.54) is 16.8 Å². The zero-order valence-electron chi connectivity index (χ0n) is 18.1. The van der Waals surface area contributed by atoms with E-state index in [2.05, 4.69) is 21.2 Å². The quantitative estimate of drug-likeness (QED) is 0.344. The summed E-state index contributed by atoms with van der Waals surface area (Å²) in [4.78, 5) is 17.4. The molecule has 0 fully saturated rings. The largest absolute Gasteiger partial charge is 0.409 e. The lowest BCUT2D eigenvalue weighted by Gasteiger charge is -2.16. The highest BCUT2D eigenvalue weighted by molar-refractivity contribution is 5.65. The van der Waals surface area contributed by atoms with Crippen molar-refractivity contribution in [1.82, 2.24) is 20.3 Å². The molecule has 3 heterocycles. The van der Waals surface area contributed by atoms with E-state index < -0.39 is 17.8 Å². The number of hydrogen-bond acceptors (Lipinski definition) is 6. The molecule has 0 aliphatic carbocycles. The highest BCUT2D eigenvalue weighted by Crippen LogP contribution is 2.37. The molecule has 0 aromatic carbocycles. The van der Waals surface area contributed by atoms with Gasteiger partial charge in [0.25, 0.3) is 5.56 Å². The van der Waals surface area contributed by atoms with Crippen molar-refractivity contribution in [3.63, 3.8) is 0 Å². The summed E-state index contributed by atoms with van der Waals surface area (Å²) in [6.45, 7) is 4.53. The van der Waals surface area contributed by atoms with Crippen molar-refractivity contribution in [1.29, 1.82) is 0 Å². The van der Waals surface area contributed by atoms with Crippen LogP contribution in [0.1, 0.15) is 55.5 Å². The smallest absolute Gasteiger partial charge is 0.381 e. The van der Waals surface area contributed by atoms with Crippen LogP contribution in [0, 0.1) is 6.92 Å². The van der Waals surface area contributed by atoms with Crippen molar-refractivity contribution in [3.05, 3.63) is 57.3 Å². The van der Waals surface area contributed by atoms with E-state index in [4.69, 9.17) is 5.11 Å². The number of nitrogens with zero attached hydrogens (tertiary/aromatic N) is 2. The summed E-state index contributed by atoms with van der Waals surface area (Å²) in [6.07, 6.45) is 4.13. The Balaban J connectivity index is 1.90. The molecular weight excluding hydrogens is 423 g/mol. The summed E-state index contributed by atoms with van der Waals surface area (Å²) in [5.74, 6) is 0. The van der Waals surface area contributed by atoms with Crippen molar-refractivity contribution >= 4 is 11.8 Å². The maximum Gasteiger partial charge on any atom is 0.409 e. The number of hydrogen-bond donors (Lipinski definition) is 4. The van der Waals surface area contributed by atoms with Gasteiger partial charge in [0.05, 0.1) is 23.7 Å². The molecule has 1 unspecified atom stereocenters. The number of allylic oxidation sites excluding steroid dienone is 1. The third-order valence-corrected chi connectivity index (χ3v) is 5.45. The number of fused-ring (bicyclic) bond motifs is 1. The van der Waals surface area contributed by atoms with Crippen LogP contribution in [-0.2, 0) is 0 Å². The molecule has 3 rings (SSSR count). The molecule has 2 aromatic rings. The summed E-state index contributed by atoms with van der Waals surface area (Å²) in [7, 11) is 0. The van der Waals surface area contributed by atoms with Gasteiger partial charge in [-0.15, -0.1) is 0 Å². The summed E-state index contributed by atoms with van der Waals surface area (Å²) in [6, 6.07) is 1.03. The number of anilines is 1. The molecule has 7 nitrogen and oxygen atoms in total. The number of alkyl halides is 3. The Labute approximate surface area is 184 Å². The molecule has 1 atom stereocenters. The summed E-state index contributed by atoms with van der Waals surface area (Å²) in [5.41, 5.74) is 6.62. The van der Waals surface area contributed by atoms with Crippen LogP contribution >= 0.6 is 0 Å². The summed E-state index contributed by atoms with van der Waals surface area (Å²) < 4.78 is 41.4. The van der Waals surface area contributed by atoms with E-state index in [0.29, 0.717) is 16.9 Å². The zero-order chi connectivity index (χ0) is 23.3. The molecule has 10 heteroatoms. The summed E-state index contributed by atoms with van der Waals surface area (Å²) in [5, 5.41) is 11.6. The average Bonchev–Trinajstić information content (AvgIpc) is 3.18. The van der Waals surface area contributed by atoms with Gasteiger partial charge in [0.2, 0.25) is 0 Å². The minimum Gasteiger partial charge on any atom is -0.381 e. The van der Waals surface area contributed by atoms with Crippen LogP contribution in [0.4, 0.5) is 18.9 Å². The minimum atomic E-state index is -4.60. The van der Waals surface area contributed by atoms with E-state index in [0.717, 1.165) is 37.8 Å². The van der Waals surface area contributed by atoms with Gasteiger partial charge in [-0.1, -0.05) is 18.1 Å². The Morgan fingerprint density at radius 2 is 2.09 bits per heavy atom. The van der Waals surface area contributed by atoms with Crippen molar-refractivity contribution in [2.45, 2.75) is 51.7 Å². The van der Waals surface area contributed by atoms with Gasteiger partial charge < -0.3 is 10.5 Å². The Morgan fingerprint density at radius 1 is 1.31 bits per heavy atom. The van der Waals surface area contributed by atoms with Crippen LogP contribution in [-0.4, -0.2) is 34.1 Å². The fourth-order valence-corrected chi connectivity index (χ4v) is 3.78. The van der Waals surface area contributed by atoms with Crippen LogP contribution < -0.4 is 21.7 Å². The normalized spacial score (nSPS) is 16.2. The molecule has 1 aliphatic heterocycles. The Morgan fingerprint density at radius 3 is 2.81 bits per heavy atom. The molecule has 4 N–H and O–H groups in total. The Kier molecular flexibility index (Phi) is 7.70. The second-order valence-corrected chi connectivity index (χ2v) is 7.85.